The molecule has 0 saturated carbocycles. The fourth-order valence-electron chi connectivity index (χ4n) is 3.98. The summed E-state index contributed by atoms with van der Waals surface area (Å²) in [5.41, 5.74) is 3.14. The Hall–Kier alpha value is -3.91. The summed E-state index contributed by atoms with van der Waals surface area (Å²) in [6.45, 7) is -0.249. The number of esters is 1. The average Bonchev–Trinajstić information content (AvgIpc) is 2.93. The number of carbonyl (C=O) groups excluding carboxylic acids is 2. The molecule has 194 valence electrons. The predicted molar refractivity (Wildman–Crippen MR) is 158 cm³/mol. The first-order valence-corrected chi connectivity index (χ1v) is 13.3. The summed E-state index contributed by atoms with van der Waals surface area (Å²) in [6, 6.07) is 27.1. The van der Waals surface area contributed by atoms with E-state index in [0.29, 0.717) is 16.3 Å². The smallest absolute Gasteiger partial charge is 0.345 e. The highest BCUT2D eigenvalue weighted by molar-refractivity contribution is 9.10. The number of hydrazone groups is 1. The topological polar surface area (TPSA) is 77.0 Å². The van der Waals surface area contributed by atoms with E-state index in [4.69, 9.17) is 32.7 Å². The first-order valence-electron chi connectivity index (χ1n) is 11.7. The molecule has 1 N–H and O–H groups in total. The van der Waals surface area contributed by atoms with E-state index in [1.807, 2.05) is 60.7 Å². The first kappa shape index (κ1) is 26.7. The lowest BCUT2D eigenvalue weighted by Crippen LogP contribution is -2.24. The Morgan fingerprint density at radius 1 is 0.846 bits per heavy atom. The molecule has 0 aliphatic carbocycles. The molecule has 6 nitrogen and oxygen atoms in total. The lowest BCUT2D eigenvalue weighted by atomic mass is 10.0. The monoisotopic (exact) mass is 620 g/mol. The number of fused-ring (bicyclic) bond motifs is 2. The van der Waals surface area contributed by atoms with E-state index in [0.717, 1.165) is 26.0 Å². The van der Waals surface area contributed by atoms with Gasteiger partial charge in [-0.3, -0.25) is 4.79 Å². The minimum atomic E-state index is -0.653. The van der Waals surface area contributed by atoms with Crippen molar-refractivity contribution in [3.63, 3.8) is 0 Å². The molecule has 0 atom stereocenters. The van der Waals surface area contributed by atoms with E-state index in [2.05, 4.69) is 26.5 Å². The Balaban J connectivity index is 1.32. The van der Waals surface area contributed by atoms with E-state index in [1.54, 1.807) is 18.2 Å². The molecule has 39 heavy (non-hydrogen) atoms. The number of rotatable bonds is 7. The van der Waals surface area contributed by atoms with Gasteiger partial charge in [0.1, 0.15) is 11.5 Å². The fraction of sp³-hybridized carbons (Fsp3) is 0.0333. The molecule has 0 aliphatic heterocycles. The Kier molecular flexibility index (Phi) is 8.12. The largest absolute Gasteiger partial charge is 0.483 e. The zero-order valence-electron chi connectivity index (χ0n) is 20.2. The van der Waals surface area contributed by atoms with E-state index in [9.17, 15) is 9.59 Å². The molecule has 0 fully saturated rings. The fourth-order valence-corrected chi connectivity index (χ4v) is 5.07. The summed E-state index contributed by atoms with van der Waals surface area (Å²) in [4.78, 5) is 25.3. The normalized spacial score (nSPS) is 11.2. The van der Waals surface area contributed by atoms with Gasteiger partial charge >= 0.3 is 5.97 Å². The summed E-state index contributed by atoms with van der Waals surface area (Å²) in [5, 5.41) is 8.38. The number of ether oxygens (including phenoxy) is 2. The molecule has 0 spiro atoms. The molecule has 9 heteroatoms. The number of hydrogen-bond donors (Lipinski definition) is 1. The quantitative estimate of drug-likeness (QED) is 0.0870. The molecule has 0 saturated heterocycles. The van der Waals surface area contributed by atoms with Crippen molar-refractivity contribution in [3.05, 3.63) is 117 Å². The van der Waals surface area contributed by atoms with Crippen LogP contribution < -0.4 is 14.9 Å². The molecule has 0 bridgehead atoms. The summed E-state index contributed by atoms with van der Waals surface area (Å²) in [6.07, 6.45) is 1.43. The second-order valence-electron chi connectivity index (χ2n) is 8.39. The number of benzene rings is 5. The molecule has 0 unspecified atom stereocenters. The third-order valence-corrected chi connectivity index (χ3v) is 7.22. The molecule has 0 aliphatic rings. The zero-order valence-corrected chi connectivity index (χ0v) is 23.3. The standard InChI is InChI=1S/C30H19BrCl2N2O4/c31-29-22-8-4-2-6-19(22)10-14-27(29)38-17-28(36)35-34-16-24-21-7-3-1-5-18(21)9-13-26(24)39-30(37)23-12-11-20(32)15-25(23)33/h1-16H,17H2,(H,35,36)/b34-16-. The van der Waals surface area contributed by atoms with Gasteiger partial charge in [-0.25, -0.2) is 10.2 Å². The summed E-state index contributed by atoms with van der Waals surface area (Å²) >= 11 is 15.7. The SMILES string of the molecule is O=C(COc1ccc2ccccc2c1Br)N/N=C\c1c(OC(=O)c2ccc(Cl)cc2Cl)ccc2ccccc12. The second-order valence-corrected chi connectivity index (χ2v) is 10.0. The van der Waals surface area contributed by atoms with Crippen LogP contribution in [-0.2, 0) is 4.79 Å². The minimum Gasteiger partial charge on any atom is -0.483 e. The van der Waals surface area contributed by atoms with Crippen molar-refractivity contribution >= 4 is 78.8 Å². The summed E-state index contributed by atoms with van der Waals surface area (Å²) in [5.74, 6) is -0.325. The van der Waals surface area contributed by atoms with Crippen LogP contribution >= 0.6 is 39.1 Å². The van der Waals surface area contributed by atoms with Crippen molar-refractivity contribution in [3.8, 4) is 11.5 Å². The molecule has 1 amide bonds. The van der Waals surface area contributed by atoms with Gasteiger partial charge in [-0.05, 0) is 67.8 Å². The van der Waals surface area contributed by atoms with Gasteiger partial charge in [-0.2, -0.15) is 5.10 Å². The second kappa shape index (κ2) is 11.9. The number of hydrogen-bond acceptors (Lipinski definition) is 5. The lowest BCUT2D eigenvalue weighted by molar-refractivity contribution is -0.123. The van der Waals surface area contributed by atoms with Gasteiger partial charge < -0.3 is 9.47 Å². The molecular weight excluding hydrogens is 603 g/mol. The molecule has 0 aromatic heterocycles. The highest BCUT2D eigenvalue weighted by Crippen LogP contribution is 2.33. The maximum absolute atomic E-state index is 12.9. The van der Waals surface area contributed by atoms with Crippen LogP contribution in [0.25, 0.3) is 21.5 Å². The highest BCUT2D eigenvalue weighted by Gasteiger charge is 2.17. The molecule has 0 heterocycles. The van der Waals surface area contributed by atoms with Crippen LogP contribution in [0.2, 0.25) is 10.0 Å². The first-order chi connectivity index (χ1) is 18.9. The number of nitrogens with zero attached hydrogens (tertiary/aromatic N) is 1. The van der Waals surface area contributed by atoms with Gasteiger partial charge in [-0.15, -0.1) is 0 Å². The van der Waals surface area contributed by atoms with E-state index in [1.165, 1.54) is 18.3 Å². The minimum absolute atomic E-state index is 0.169. The number of carbonyl (C=O) groups is 2. The van der Waals surface area contributed by atoms with Crippen molar-refractivity contribution < 1.29 is 19.1 Å². The van der Waals surface area contributed by atoms with E-state index >= 15 is 0 Å². The van der Waals surface area contributed by atoms with Crippen molar-refractivity contribution in [1.29, 1.82) is 0 Å². The van der Waals surface area contributed by atoms with Crippen LogP contribution in [0.5, 0.6) is 11.5 Å². The van der Waals surface area contributed by atoms with Gasteiger partial charge in [-0.1, -0.05) is 83.9 Å². The van der Waals surface area contributed by atoms with Crippen LogP contribution in [0.1, 0.15) is 15.9 Å². The van der Waals surface area contributed by atoms with Crippen LogP contribution in [0.15, 0.2) is 101 Å². The lowest BCUT2D eigenvalue weighted by Gasteiger charge is -2.11. The van der Waals surface area contributed by atoms with Gasteiger partial charge in [0.15, 0.2) is 6.61 Å². The summed E-state index contributed by atoms with van der Waals surface area (Å²) in [7, 11) is 0. The van der Waals surface area contributed by atoms with Gasteiger partial charge in [0.2, 0.25) is 0 Å². The van der Waals surface area contributed by atoms with Crippen molar-refractivity contribution in [2.45, 2.75) is 0 Å². The van der Waals surface area contributed by atoms with Crippen LogP contribution in [0, 0.1) is 0 Å². The molecular formula is C30H19BrCl2N2O4. The molecule has 0 radical (unpaired) electrons. The van der Waals surface area contributed by atoms with Crippen molar-refractivity contribution in [1.82, 2.24) is 5.43 Å². The van der Waals surface area contributed by atoms with Crippen LogP contribution in [0.3, 0.4) is 0 Å². The van der Waals surface area contributed by atoms with Gasteiger partial charge in [0, 0.05) is 10.6 Å². The molecule has 5 rings (SSSR count). The third kappa shape index (κ3) is 6.06. The Morgan fingerprint density at radius 2 is 1.51 bits per heavy atom. The third-order valence-electron chi connectivity index (χ3n) is 5.85. The Labute approximate surface area is 242 Å². The number of amides is 1. The van der Waals surface area contributed by atoms with E-state index < -0.39 is 11.9 Å². The predicted octanol–water partition coefficient (Wildman–Crippen LogP) is 7.81. The zero-order chi connectivity index (χ0) is 27.4. The maximum atomic E-state index is 12.9. The maximum Gasteiger partial charge on any atom is 0.345 e. The number of nitrogens with one attached hydrogen (secondary N) is 1. The Morgan fingerprint density at radius 3 is 2.26 bits per heavy atom. The van der Waals surface area contributed by atoms with Gasteiger partial charge in [0.05, 0.1) is 21.3 Å². The van der Waals surface area contributed by atoms with E-state index in [-0.39, 0.29) is 22.9 Å². The van der Waals surface area contributed by atoms with Crippen LogP contribution in [0.4, 0.5) is 0 Å². The number of halogens is 3. The van der Waals surface area contributed by atoms with Crippen LogP contribution in [-0.4, -0.2) is 24.7 Å². The molecule has 5 aromatic carbocycles. The van der Waals surface area contributed by atoms with Gasteiger partial charge in [0.25, 0.3) is 5.91 Å². The molecule has 5 aromatic rings. The Bertz CT molecular complexity index is 1760. The van der Waals surface area contributed by atoms with Crippen molar-refractivity contribution in [2.24, 2.45) is 5.10 Å². The summed E-state index contributed by atoms with van der Waals surface area (Å²) < 4.78 is 12.1. The highest BCUT2D eigenvalue weighted by atomic mass is 79.9. The average molecular weight is 622 g/mol. The van der Waals surface area contributed by atoms with Crippen molar-refractivity contribution in [2.75, 3.05) is 6.61 Å².